The molecule has 1 atom stereocenters. The number of nitrogens with zero attached hydrogens (tertiary/aromatic N) is 1. The number of terminal acetylenes is 1. The SMILES string of the molecule is C#CC(C)N(Cc1ccccc1)C(=O)/C=C/c1ccccc1. The van der Waals surface area contributed by atoms with Gasteiger partial charge in [0, 0.05) is 12.6 Å². The summed E-state index contributed by atoms with van der Waals surface area (Å²) in [6.07, 6.45) is 8.89. The molecule has 0 saturated carbocycles. The number of benzene rings is 2. The van der Waals surface area contributed by atoms with Crippen molar-refractivity contribution in [2.75, 3.05) is 0 Å². The van der Waals surface area contributed by atoms with Gasteiger partial charge in [-0.1, -0.05) is 66.6 Å². The summed E-state index contributed by atoms with van der Waals surface area (Å²) in [4.78, 5) is 14.2. The van der Waals surface area contributed by atoms with Crippen molar-refractivity contribution < 1.29 is 4.79 Å². The fourth-order valence-electron chi connectivity index (χ4n) is 2.10. The Morgan fingerprint density at radius 3 is 2.32 bits per heavy atom. The van der Waals surface area contributed by atoms with E-state index in [-0.39, 0.29) is 11.9 Å². The smallest absolute Gasteiger partial charge is 0.247 e. The lowest BCUT2D eigenvalue weighted by molar-refractivity contribution is -0.127. The van der Waals surface area contributed by atoms with Gasteiger partial charge in [0.2, 0.25) is 5.91 Å². The number of hydrogen-bond donors (Lipinski definition) is 0. The molecule has 0 aromatic heterocycles. The van der Waals surface area contributed by atoms with Crippen LogP contribution in [-0.4, -0.2) is 16.8 Å². The summed E-state index contributed by atoms with van der Waals surface area (Å²) in [6.45, 7) is 2.36. The predicted octanol–water partition coefficient (Wildman–Crippen LogP) is 3.75. The molecule has 2 heteroatoms. The first-order chi connectivity index (χ1) is 10.7. The van der Waals surface area contributed by atoms with Gasteiger partial charge >= 0.3 is 0 Å². The van der Waals surface area contributed by atoms with Crippen LogP contribution in [0, 0.1) is 12.3 Å². The van der Waals surface area contributed by atoms with Gasteiger partial charge in [0.15, 0.2) is 0 Å². The van der Waals surface area contributed by atoms with Crippen LogP contribution < -0.4 is 0 Å². The van der Waals surface area contributed by atoms with Crippen LogP contribution in [0.25, 0.3) is 6.08 Å². The number of carbonyl (C=O) groups excluding carboxylic acids is 1. The molecule has 2 nitrogen and oxygen atoms in total. The van der Waals surface area contributed by atoms with E-state index in [9.17, 15) is 4.79 Å². The van der Waals surface area contributed by atoms with Crippen molar-refractivity contribution in [3.05, 3.63) is 77.9 Å². The van der Waals surface area contributed by atoms with Gasteiger partial charge < -0.3 is 4.90 Å². The van der Waals surface area contributed by atoms with Crippen molar-refractivity contribution in [1.82, 2.24) is 4.90 Å². The molecule has 2 aromatic carbocycles. The molecule has 1 amide bonds. The van der Waals surface area contributed by atoms with Crippen molar-refractivity contribution in [2.45, 2.75) is 19.5 Å². The number of carbonyl (C=O) groups is 1. The van der Waals surface area contributed by atoms with Gasteiger partial charge in [-0.3, -0.25) is 4.79 Å². The van der Waals surface area contributed by atoms with E-state index < -0.39 is 0 Å². The standard InChI is InChI=1S/C20H19NO/c1-3-17(2)21(16-19-12-8-5-9-13-19)20(22)15-14-18-10-6-4-7-11-18/h1,4-15,17H,16H2,2H3/b15-14+. The van der Waals surface area contributed by atoms with Gasteiger partial charge in [0.25, 0.3) is 0 Å². The maximum atomic E-state index is 12.5. The molecule has 0 saturated heterocycles. The number of amides is 1. The molecule has 0 heterocycles. The molecular formula is C20H19NO. The number of rotatable bonds is 5. The van der Waals surface area contributed by atoms with Gasteiger partial charge in [0.1, 0.15) is 0 Å². The summed E-state index contributed by atoms with van der Waals surface area (Å²) < 4.78 is 0. The molecule has 2 aromatic rings. The first kappa shape index (κ1) is 15.6. The average molecular weight is 289 g/mol. The lowest BCUT2D eigenvalue weighted by Crippen LogP contribution is -2.36. The Balaban J connectivity index is 2.13. The quantitative estimate of drug-likeness (QED) is 0.606. The first-order valence-electron chi connectivity index (χ1n) is 7.24. The fourth-order valence-corrected chi connectivity index (χ4v) is 2.10. The van der Waals surface area contributed by atoms with Crippen molar-refractivity contribution in [3.63, 3.8) is 0 Å². The second-order valence-electron chi connectivity index (χ2n) is 5.04. The molecule has 0 radical (unpaired) electrons. The summed E-state index contributed by atoms with van der Waals surface area (Å²) in [7, 11) is 0. The van der Waals surface area contributed by atoms with Crippen LogP contribution in [-0.2, 0) is 11.3 Å². The summed E-state index contributed by atoms with van der Waals surface area (Å²) in [5.41, 5.74) is 2.05. The predicted molar refractivity (Wildman–Crippen MR) is 90.8 cm³/mol. The van der Waals surface area contributed by atoms with Gasteiger partial charge in [-0.25, -0.2) is 0 Å². The van der Waals surface area contributed by atoms with E-state index in [1.807, 2.05) is 73.7 Å². The van der Waals surface area contributed by atoms with Crippen molar-refractivity contribution in [2.24, 2.45) is 0 Å². The second-order valence-corrected chi connectivity index (χ2v) is 5.04. The monoisotopic (exact) mass is 289 g/mol. The largest absolute Gasteiger partial charge is 0.321 e. The molecule has 0 fully saturated rings. The van der Waals surface area contributed by atoms with E-state index in [1.54, 1.807) is 11.0 Å². The first-order valence-corrected chi connectivity index (χ1v) is 7.24. The minimum atomic E-state index is -0.256. The van der Waals surface area contributed by atoms with Crippen LogP contribution in [0.4, 0.5) is 0 Å². The normalized spacial score (nSPS) is 11.8. The Morgan fingerprint density at radius 1 is 1.14 bits per heavy atom. The molecule has 0 aliphatic rings. The van der Waals surface area contributed by atoms with Crippen LogP contribution >= 0.6 is 0 Å². The van der Waals surface area contributed by atoms with E-state index >= 15 is 0 Å². The van der Waals surface area contributed by atoms with E-state index in [0.29, 0.717) is 6.54 Å². The van der Waals surface area contributed by atoms with Crippen LogP contribution in [0.15, 0.2) is 66.7 Å². The zero-order valence-corrected chi connectivity index (χ0v) is 12.6. The van der Waals surface area contributed by atoms with E-state index in [2.05, 4.69) is 5.92 Å². The summed E-state index contributed by atoms with van der Waals surface area (Å²) >= 11 is 0. The highest BCUT2D eigenvalue weighted by Crippen LogP contribution is 2.10. The molecule has 0 N–H and O–H groups in total. The van der Waals surface area contributed by atoms with Gasteiger partial charge in [-0.05, 0) is 24.1 Å². The van der Waals surface area contributed by atoms with Crippen LogP contribution in [0.5, 0.6) is 0 Å². The third-order valence-electron chi connectivity index (χ3n) is 3.41. The molecule has 2 rings (SSSR count). The zero-order valence-electron chi connectivity index (χ0n) is 12.6. The molecule has 0 spiro atoms. The molecular weight excluding hydrogens is 270 g/mol. The summed E-state index contributed by atoms with van der Waals surface area (Å²) in [5.74, 6) is 2.55. The van der Waals surface area contributed by atoms with Gasteiger partial charge in [0.05, 0.1) is 6.04 Å². The average Bonchev–Trinajstić information content (AvgIpc) is 2.58. The van der Waals surface area contributed by atoms with Crippen LogP contribution in [0.2, 0.25) is 0 Å². The van der Waals surface area contributed by atoms with Gasteiger partial charge in [-0.15, -0.1) is 6.42 Å². The summed E-state index contributed by atoms with van der Waals surface area (Å²) in [5, 5.41) is 0. The Bertz CT molecular complexity index is 668. The lowest BCUT2D eigenvalue weighted by atomic mass is 10.1. The Labute approximate surface area is 132 Å². The van der Waals surface area contributed by atoms with Crippen molar-refractivity contribution in [1.29, 1.82) is 0 Å². The van der Waals surface area contributed by atoms with Crippen LogP contribution in [0.1, 0.15) is 18.1 Å². The van der Waals surface area contributed by atoms with Crippen molar-refractivity contribution in [3.8, 4) is 12.3 Å². The minimum Gasteiger partial charge on any atom is -0.321 e. The molecule has 1 unspecified atom stereocenters. The third kappa shape index (κ3) is 4.36. The maximum absolute atomic E-state index is 12.5. The lowest BCUT2D eigenvalue weighted by Gasteiger charge is -2.24. The summed E-state index contributed by atoms with van der Waals surface area (Å²) in [6, 6.07) is 19.3. The van der Waals surface area contributed by atoms with E-state index in [0.717, 1.165) is 11.1 Å². The Morgan fingerprint density at radius 2 is 1.73 bits per heavy atom. The molecule has 0 aliphatic carbocycles. The fraction of sp³-hybridized carbons (Fsp3) is 0.150. The van der Waals surface area contributed by atoms with Crippen LogP contribution in [0.3, 0.4) is 0 Å². The molecule has 110 valence electrons. The molecule has 22 heavy (non-hydrogen) atoms. The Hall–Kier alpha value is -2.79. The highest BCUT2D eigenvalue weighted by Gasteiger charge is 2.16. The third-order valence-corrected chi connectivity index (χ3v) is 3.41. The molecule has 0 bridgehead atoms. The zero-order chi connectivity index (χ0) is 15.8. The highest BCUT2D eigenvalue weighted by molar-refractivity contribution is 5.92. The highest BCUT2D eigenvalue weighted by atomic mass is 16.2. The topological polar surface area (TPSA) is 20.3 Å². The van der Waals surface area contributed by atoms with E-state index in [4.69, 9.17) is 6.42 Å². The van der Waals surface area contributed by atoms with Crippen molar-refractivity contribution >= 4 is 12.0 Å². The Kier molecular flexibility index (Phi) is 5.57. The van der Waals surface area contributed by atoms with E-state index in [1.165, 1.54) is 0 Å². The van der Waals surface area contributed by atoms with Gasteiger partial charge in [-0.2, -0.15) is 0 Å². The number of hydrogen-bond acceptors (Lipinski definition) is 1. The molecule has 0 aliphatic heterocycles. The minimum absolute atomic E-state index is 0.0850. The second kappa shape index (κ2) is 7.85. The maximum Gasteiger partial charge on any atom is 0.247 e.